The third-order valence-electron chi connectivity index (χ3n) is 2.25. The lowest BCUT2D eigenvalue weighted by Crippen LogP contribution is -2.28. The van der Waals surface area contributed by atoms with Crippen molar-refractivity contribution in [1.82, 2.24) is 9.71 Å². The van der Waals surface area contributed by atoms with Gasteiger partial charge >= 0.3 is 6.18 Å². The van der Waals surface area contributed by atoms with Crippen LogP contribution in [0.4, 0.5) is 18.3 Å². The van der Waals surface area contributed by atoms with Gasteiger partial charge in [-0.05, 0) is 11.4 Å². The van der Waals surface area contributed by atoms with E-state index < -0.39 is 21.9 Å². The Hall–Kier alpha value is -1.17. The molecule has 21 heavy (non-hydrogen) atoms. The van der Waals surface area contributed by atoms with Gasteiger partial charge < -0.3 is 5.32 Å². The molecule has 0 fully saturated rings. The molecule has 0 aliphatic rings. The van der Waals surface area contributed by atoms with Crippen molar-refractivity contribution in [3.05, 3.63) is 28.6 Å². The molecule has 0 radical (unpaired) electrons. The van der Waals surface area contributed by atoms with E-state index in [0.717, 1.165) is 28.1 Å². The van der Waals surface area contributed by atoms with Crippen LogP contribution in [0.5, 0.6) is 0 Å². The van der Waals surface area contributed by atoms with Gasteiger partial charge in [-0.15, -0.1) is 22.7 Å². The SMILES string of the molecule is O=S(=O)(NCCNc1nc(C(F)(F)F)cs1)c1cccs1. The van der Waals surface area contributed by atoms with Gasteiger partial charge in [0.2, 0.25) is 10.0 Å². The first-order valence-corrected chi connectivity index (χ1v) is 8.83. The number of halogens is 3. The van der Waals surface area contributed by atoms with Crippen LogP contribution in [-0.4, -0.2) is 26.5 Å². The van der Waals surface area contributed by atoms with E-state index >= 15 is 0 Å². The lowest BCUT2D eigenvalue weighted by atomic mass is 10.5. The molecule has 5 nitrogen and oxygen atoms in total. The van der Waals surface area contributed by atoms with Crippen LogP contribution in [-0.2, 0) is 16.2 Å². The fourth-order valence-corrected chi connectivity index (χ4v) is 4.14. The molecule has 116 valence electrons. The lowest BCUT2D eigenvalue weighted by Gasteiger charge is -2.05. The molecule has 2 aromatic heterocycles. The van der Waals surface area contributed by atoms with Crippen molar-refractivity contribution < 1.29 is 21.6 Å². The van der Waals surface area contributed by atoms with Crippen LogP contribution in [0.2, 0.25) is 0 Å². The van der Waals surface area contributed by atoms with Crippen LogP contribution in [0.1, 0.15) is 5.69 Å². The third kappa shape index (κ3) is 4.40. The normalized spacial score (nSPS) is 12.5. The number of thiazole rings is 1. The Bertz CT molecular complexity index is 680. The average molecular weight is 357 g/mol. The summed E-state index contributed by atoms with van der Waals surface area (Å²) >= 11 is 1.90. The maximum Gasteiger partial charge on any atom is 0.434 e. The minimum Gasteiger partial charge on any atom is -0.360 e. The maximum atomic E-state index is 12.3. The fraction of sp³-hybridized carbons (Fsp3) is 0.300. The number of nitrogens with one attached hydrogen (secondary N) is 2. The first-order valence-electron chi connectivity index (χ1n) is 5.59. The summed E-state index contributed by atoms with van der Waals surface area (Å²) in [5.74, 6) is 0. The van der Waals surface area contributed by atoms with Crippen molar-refractivity contribution in [2.45, 2.75) is 10.4 Å². The summed E-state index contributed by atoms with van der Waals surface area (Å²) < 4.78 is 63.0. The zero-order chi connectivity index (χ0) is 15.5. The van der Waals surface area contributed by atoms with Crippen LogP contribution in [0.25, 0.3) is 0 Å². The number of alkyl halides is 3. The molecule has 2 N–H and O–H groups in total. The van der Waals surface area contributed by atoms with Gasteiger partial charge in [0.05, 0.1) is 0 Å². The molecule has 11 heteroatoms. The number of aromatic nitrogens is 1. The predicted octanol–water partition coefficient (Wildman–Crippen LogP) is 2.61. The quantitative estimate of drug-likeness (QED) is 0.780. The van der Waals surface area contributed by atoms with E-state index in [9.17, 15) is 21.6 Å². The van der Waals surface area contributed by atoms with Crippen molar-refractivity contribution in [1.29, 1.82) is 0 Å². The minimum absolute atomic E-state index is 0.0428. The molecule has 0 aliphatic carbocycles. The Morgan fingerprint density at radius 1 is 1.24 bits per heavy atom. The van der Waals surface area contributed by atoms with Gasteiger partial charge in [0.25, 0.3) is 0 Å². The number of hydrogen-bond donors (Lipinski definition) is 2. The molecule has 0 spiro atoms. The number of thiophene rings is 1. The standard InChI is InChI=1S/C10H10F3N3O2S3/c11-10(12,13)7-6-20-9(16-7)14-3-4-15-21(17,18)8-2-1-5-19-8/h1-2,5-6,15H,3-4H2,(H,14,16). The van der Waals surface area contributed by atoms with Gasteiger partial charge in [0, 0.05) is 18.5 Å². The second kappa shape index (κ2) is 6.30. The van der Waals surface area contributed by atoms with Crippen LogP contribution >= 0.6 is 22.7 Å². The first-order chi connectivity index (χ1) is 9.79. The van der Waals surface area contributed by atoms with E-state index in [1.165, 1.54) is 6.07 Å². The molecule has 0 amide bonds. The molecular weight excluding hydrogens is 347 g/mol. The topological polar surface area (TPSA) is 71.1 Å². The molecule has 0 aliphatic heterocycles. The molecule has 0 unspecified atom stereocenters. The van der Waals surface area contributed by atoms with Gasteiger partial charge in [-0.1, -0.05) is 6.07 Å². The molecule has 0 atom stereocenters. The Kier molecular flexibility index (Phi) is 4.86. The highest BCUT2D eigenvalue weighted by Crippen LogP contribution is 2.31. The number of sulfonamides is 1. The zero-order valence-corrected chi connectivity index (χ0v) is 12.8. The van der Waals surface area contributed by atoms with Gasteiger partial charge in [-0.3, -0.25) is 0 Å². The molecule has 0 aromatic carbocycles. The number of rotatable bonds is 6. The Morgan fingerprint density at radius 2 is 2.00 bits per heavy atom. The Morgan fingerprint density at radius 3 is 2.57 bits per heavy atom. The van der Waals surface area contributed by atoms with Crippen molar-refractivity contribution in [2.24, 2.45) is 0 Å². The molecule has 0 bridgehead atoms. The summed E-state index contributed by atoms with van der Waals surface area (Å²) in [6.07, 6.45) is -4.48. The third-order valence-corrected chi connectivity index (χ3v) is 5.91. The summed E-state index contributed by atoms with van der Waals surface area (Å²) in [4.78, 5) is 3.37. The second-order valence-corrected chi connectivity index (χ2v) is 7.59. The largest absolute Gasteiger partial charge is 0.434 e. The van der Waals surface area contributed by atoms with E-state index in [0.29, 0.717) is 0 Å². The molecule has 2 rings (SSSR count). The van der Waals surface area contributed by atoms with E-state index in [1.54, 1.807) is 11.4 Å². The summed E-state index contributed by atoms with van der Waals surface area (Å²) in [6.45, 7) is 0.177. The van der Waals surface area contributed by atoms with Gasteiger partial charge in [0.1, 0.15) is 4.21 Å². The number of nitrogens with zero attached hydrogens (tertiary/aromatic N) is 1. The smallest absolute Gasteiger partial charge is 0.360 e. The Labute approximate surface area is 126 Å². The molecule has 0 saturated carbocycles. The van der Waals surface area contributed by atoms with E-state index in [1.807, 2.05) is 0 Å². The lowest BCUT2D eigenvalue weighted by molar-refractivity contribution is -0.140. The fourth-order valence-electron chi connectivity index (χ4n) is 1.33. The van der Waals surface area contributed by atoms with Gasteiger partial charge in [0.15, 0.2) is 10.8 Å². The second-order valence-electron chi connectivity index (χ2n) is 3.79. The van der Waals surface area contributed by atoms with Crippen molar-refractivity contribution in [3.8, 4) is 0 Å². The number of hydrogen-bond acceptors (Lipinski definition) is 6. The predicted molar refractivity (Wildman–Crippen MR) is 75.1 cm³/mol. The summed E-state index contributed by atoms with van der Waals surface area (Å²) in [5, 5.41) is 5.27. The van der Waals surface area contributed by atoms with Crippen molar-refractivity contribution in [3.63, 3.8) is 0 Å². The highest BCUT2D eigenvalue weighted by Gasteiger charge is 2.33. The minimum atomic E-state index is -4.48. The summed E-state index contributed by atoms with van der Waals surface area (Å²) in [5.41, 5.74) is -0.964. The van der Waals surface area contributed by atoms with Crippen LogP contribution in [0, 0.1) is 0 Å². The summed E-state index contributed by atoms with van der Waals surface area (Å²) in [7, 11) is -3.56. The van der Waals surface area contributed by atoms with Gasteiger partial charge in [-0.25, -0.2) is 18.1 Å². The molecule has 2 aromatic rings. The van der Waals surface area contributed by atoms with Crippen LogP contribution in [0.3, 0.4) is 0 Å². The van der Waals surface area contributed by atoms with Crippen LogP contribution < -0.4 is 10.0 Å². The van der Waals surface area contributed by atoms with Crippen molar-refractivity contribution in [2.75, 3.05) is 18.4 Å². The molecular formula is C10H10F3N3O2S3. The molecule has 2 heterocycles. The zero-order valence-electron chi connectivity index (χ0n) is 10.3. The van der Waals surface area contributed by atoms with Crippen LogP contribution in [0.15, 0.2) is 27.1 Å². The average Bonchev–Trinajstić information content (AvgIpc) is 3.05. The van der Waals surface area contributed by atoms with Gasteiger partial charge in [-0.2, -0.15) is 13.2 Å². The highest BCUT2D eigenvalue weighted by atomic mass is 32.2. The van der Waals surface area contributed by atoms with Crippen molar-refractivity contribution >= 4 is 37.8 Å². The summed E-state index contributed by atoms with van der Waals surface area (Å²) in [6, 6.07) is 3.09. The molecule has 0 saturated heterocycles. The number of anilines is 1. The maximum absolute atomic E-state index is 12.3. The first kappa shape index (κ1) is 16.2. The highest BCUT2D eigenvalue weighted by molar-refractivity contribution is 7.91. The van der Waals surface area contributed by atoms with E-state index in [2.05, 4.69) is 15.0 Å². The van der Waals surface area contributed by atoms with E-state index in [4.69, 9.17) is 0 Å². The van der Waals surface area contributed by atoms with E-state index in [-0.39, 0.29) is 22.4 Å². The monoisotopic (exact) mass is 357 g/mol. The Balaban J connectivity index is 1.82.